The average molecular weight is 131 g/mol. The maximum absolute atomic E-state index is 8.28. The molecule has 0 fully saturated rings. The lowest BCUT2D eigenvalue weighted by atomic mass is 10.1. The van der Waals surface area contributed by atoms with E-state index in [2.05, 4.69) is 0 Å². The SMILES string of the molecule is CC(CC#N)=C(C#N)C#N. The van der Waals surface area contributed by atoms with Gasteiger partial charge in [0.15, 0.2) is 0 Å². The third kappa shape index (κ3) is 1.99. The molecule has 0 bridgehead atoms. The molecule has 3 nitrogen and oxygen atoms in total. The quantitative estimate of drug-likeness (QED) is 0.503. The predicted octanol–water partition coefficient (Wildman–Crippen LogP) is 1.26. The summed E-state index contributed by atoms with van der Waals surface area (Å²) in [5.41, 5.74) is 0.578. The Bertz CT molecular complexity index is 251. The van der Waals surface area contributed by atoms with Crippen LogP contribution in [0.1, 0.15) is 13.3 Å². The molecule has 0 radical (unpaired) electrons. The van der Waals surface area contributed by atoms with E-state index in [-0.39, 0.29) is 12.0 Å². The fourth-order valence-electron chi connectivity index (χ4n) is 0.423. The fourth-order valence-corrected chi connectivity index (χ4v) is 0.423. The van der Waals surface area contributed by atoms with E-state index in [1.54, 1.807) is 19.1 Å². The number of nitrogens with zero attached hydrogens (tertiary/aromatic N) is 3. The summed E-state index contributed by atoms with van der Waals surface area (Å²) < 4.78 is 0. The van der Waals surface area contributed by atoms with Gasteiger partial charge in [-0.05, 0) is 12.5 Å². The van der Waals surface area contributed by atoms with Gasteiger partial charge in [0.2, 0.25) is 0 Å². The molecule has 0 aliphatic rings. The Kier molecular flexibility index (Phi) is 3.39. The molecule has 0 N–H and O–H groups in total. The molecule has 0 aromatic carbocycles. The molecule has 0 saturated heterocycles. The van der Waals surface area contributed by atoms with Crippen molar-refractivity contribution in [2.24, 2.45) is 0 Å². The highest BCUT2D eigenvalue weighted by molar-refractivity contribution is 5.40. The Morgan fingerprint density at radius 2 is 1.70 bits per heavy atom. The van der Waals surface area contributed by atoms with Gasteiger partial charge in [0.25, 0.3) is 0 Å². The van der Waals surface area contributed by atoms with Crippen molar-refractivity contribution in [3.8, 4) is 18.2 Å². The first-order chi connectivity index (χ1) is 4.76. The second-order valence-corrected chi connectivity index (χ2v) is 1.71. The van der Waals surface area contributed by atoms with E-state index >= 15 is 0 Å². The Labute approximate surface area is 59.4 Å². The first-order valence-corrected chi connectivity index (χ1v) is 2.63. The van der Waals surface area contributed by atoms with Crippen molar-refractivity contribution < 1.29 is 0 Å². The summed E-state index contributed by atoms with van der Waals surface area (Å²) in [7, 11) is 0. The lowest BCUT2D eigenvalue weighted by Gasteiger charge is -1.87. The first kappa shape index (κ1) is 8.21. The van der Waals surface area contributed by atoms with Crippen molar-refractivity contribution in [3.05, 3.63) is 11.1 Å². The number of hydrogen-bond acceptors (Lipinski definition) is 3. The number of nitriles is 3. The van der Waals surface area contributed by atoms with Crippen molar-refractivity contribution in [2.45, 2.75) is 13.3 Å². The number of allylic oxidation sites excluding steroid dienone is 2. The normalized spacial score (nSPS) is 6.60. The van der Waals surface area contributed by atoms with Crippen LogP contribution in [-0.4, -0.2) is 0 Å². The first-order valence-electron chi connectivity index (χ1n) is 2.63. The summed E-state index contributed by atoms with van der Waals surface area (Å²) in [5.74, 6) is 0. The van der Waals surface area contributed by atoms with E-state index in [4.69, 9.17) is 15.8 Å². The molecule has 0 amide bonds. The average Bonchev–Trinajstić information content (AvgIpc) is 1.91. The van der Waals surface area contributed by atoms with Crippen LogP contribution >= 0.6 is 0 Å². The van der Waals surface area contributed by atoms with Gasteiger partial charge in [-0.15, -0.1) is 0 Å². The van der Waals surface area contributed by atoms with Gasteiger partial charge in [-0.25, -0.2) is 0 Å². The summed E-state index contributed by atoms with van der Waals surface area (Å²) in [6, 6.07) is 5.26. The number of hydrogen-bond donors (Lipinski definition) is 0. The summed E-state index contributed by atoms with van der Waals surface area (Å²) >= 11 is 0. The summed E-state index contributed by atoms with van der Waals surface area (Å²) in [5, 5.41) is 24.7. The molecule has 0 aliphatic carbocycles. The van der Waals surface area contributed by atoms with Crippen LogP contribution in [0.15, 0.2) is 11.1 Å². The molecule has 0 unspecified atom stereocenters. The van der Waals surface area contributed by atoms with E-state index in [1.807, 2.05) is 6.07 Å². The Balaban J connectivity index is 4.56. The molecular formula is C7H5N3. The Hall–Kier alpha value is -1.79. The van der Waals surface area contributed by atoms with E-state index in [9.17, 15) is 0 Å². The minimum atomic E-state index is 0.0431. The van der Waals surface area contributed by atoms with E-state index in [0.29, 0.717) is 5.57 Å². The van der Waals surface area contributed by atoms with Gasteiger partial charge in [0.05, 0.1) is 12.5 Å². The molecule has 0 heterocycles. The molecule has 3 heteroatoms. The summed E-state index contributed by atoms with van der Waals surface area (Å²) in [6.07, 6.45) is 0.149. The van der Waals surface area contributed by atoms with Crippen LogP contribution in [0.2, 0.25) is 0 Å². The molecule has 0 aromatic heterocycles. The van der Waals surface area contributed by atoms with Gasteiger partial charge >= 0.3 is 0 Å². The fraction of sp³-hybridized carbons (Fsp3) is 0.286. The molecule has 0 aromatic rings. The molecule has 0 spiro atoms. The van der Waals surface area contributed by atoms with Crippen molar-refractivity contribution >= 4 is 0 Å². The second-order valence-electron chi connectivity index (χ2n) is 1.71. The summed E-state index contributed by atoms with van der Waals surface area (Å²) in [6.45, 7) is 1.60. The van der Waals surface area contributed by atoms with Crippen LogP contribution in [-0.2, 0) is 0 Å². The molecule has 0 atom stereocenters. The monoisotopic (exact) mass is 131 g/mol. The molecule has 0 saturated carbocycles. The van der Waals surface area contributed by atoms with E-state index < -0.39 is 0 Å². The van der Waals surface area contributed by atoms with E-state index in [1.165, 1.54) is 0 Å². The smallest absolute Gasteiger partial charge is 0.129 e. The van der Waals surface area contributed by atoms with Gasteiger partial charge in [-0.3, -0.25) is 0 Å². The Morgan fingerprint density at radius 3 is 2.00 bits per heavy atom. The highest BCUT2D eigenvalue weighted by Gasteiger charge is 1.97. The molecule has 0 aliphatic heterocycles. The van der Waals surface area contributed by atoms with Crippen molar-refractivity contribution in [1.82, 2.24) is 0 Å². The molecule has 48 valence electrons. The van der Waals surface area contributed by atoms with Crippen molar-refractivity contribution in [1.29, 1.82) is 15.8 Å². The highest BCUT2D eigenvalue weighted by atomic mass is 14.3. The maximum atomic E-state index is 8.28. The molecule has 10 heavy (non-hydrogen) atoms. The minimum Gasteiger partial charge on any atom is -0.198 e. The van der Waals surface area contributed by atoms with Crippen LogP contribution < -0.4 is 0 Å². The van der Waals surface area contributed by atoms with Crippen LogP contribution in [0.5, 0.6) is 0 Å². The molecular weight excluding hydrogens is 126 g/mol. The van der Waals surface area contributed by atoms with Crippen molar-refractivity contribution in [2.75, 3.05) is 0 Å². The zero-order chi connectivity index (χ0) is 7.98. The van der Waals surface area contributed by atoms with Gasteiger partial charge in [-0.2, -0.15) is 15.8 Å². The van der Waals surface area contributed by atoms with Gasteiger partial charge in [-0.1, -0.05) is 0 Å². The van der Waals surface area contributed by atoms with Crippen LogP contribution in [0.25, 0.3) is 0 Å². The lowest BCUT2D eigenvalue weighted by molar-refractivity contribution is 1.19. The standard InChI is InChI=1S/C7H5N3/c1-6(2-3-8)7(4-9)5-10/h2H2,1H3. The predicted molar refractivity (Wildman–Crippen MR) is 34.2 cm³/mol. The third-order valence-corrected chi connectivity index (χ3v) is 0.995. The lowest BCUT2D eigenvalue weighted by Crippen LogP contribution is -1.80. The van der Waals surface area contributed by atoms with Gasteiger partial charge < -0.3 is 0 Å². The van der Waals surface area contributed by atoms with Crippen LogP contribution in [0.3, 0.4) is 0 Å². The Morgan fingerprint density at radius 1 is 1.20 bits per heavy atom. The third-order valence-electron chi connectivity index (χ3n) is 0.995. The summed E-state index contributed by atoms with van der Waals surface area (Å²) in [4.78, 5) is 0. The maximum Gasteiger partial charge on any atom is 0.129 e. The minimum absolute atomic E-state index is 0.0431. The molecule has 0 rings (SSSR count). The second kappa shape index (κ2) is 4.13. The highest BCUT2D eigenvalue weighted by Crippen LogP contribution is 2.04. The van der Waals surface area contributed by atoms with Crippen LogP contribution in [0, 0.1) is 34.0 Å². The largest absolute Gasteiger partial charge is 0.198 e. The van der Waals surface area contributed by atoms with Crippen molar-refractivity contribution in [3.63, 3.8) is 0 Å². The van der Waals surface area contributed by atoms with Gasteiger partial charge in [0, 0.05) is 0 Å². The zero-order valence-corrected chi connectivity index (χ0v) is 5.55. The van der Waals surface area contributed by atoms with E-state index in [0.717, 1.165) is 0 Å². The van der Waals surface area contributed by atoms with Gasteiger partial charge in [0.1, 0.15) is 17.7 Å². The van der Waals surface area contributed by atoms with Crippen LogP contribution in [0.4, 0.5) is 0 Å². The zero-order valence-electron chi connectivity index (χ0n) is 5.55. The topological polar surface area (TPSA) is 71.4 Å². The number of rotatable bonds is 1.